The minimum absolute atomic E-state index is 0.0937. The van der Waals surface area contributed by atoms with Gasteiger partial charge in [-0.05, 0) is 25.0 Å². The van der Waals surface area contributed by atoms with Crippen molar-refractivity contribution in [2.24, 2.45) is 0 Å². The molecule has 0 fully saturated rings. The Hall–Kier alpha value is -0.860. The van der Waals surface area contributed by atoms with Crippen molar-refractivity contribution in [1.29, 1.82) is 0 Å². The maximum atomic E-state index is 5.73. The SMILES string of the molecule is CC(C)OC1NCc2ccccc21. The molecule has 2 rings (SSSR count). The second kappa shape index (κ2) is 3.48. The first-order valence-electron chi connectivity index (χ1n) is 4.74. The molecule has 13 heavy (non-hydrogen) atoms. The van der Waals surface area contributed by atoms with Gasteiger partial charge in [-0.2, -0.15) is 0 Å². The third-order valence-corrected chi connectivity index (χ3v) is 2.22. The zero-order valence-corrected chi connectivity index (χ0v) is 8.08. The van der Waals surface area contributed by atoms with E-state index >= 15 is 0 Å². The summed E-state index contributed by atoms with van der Waals surface area (Å²) in [6.07, 6.45) is 0.361. The van der Waals surface area contributed by atoms with Gasteiger partial charge in [-0.1, -0.05) is 24.3 Å². The van der Waals surface area contributed by atoms with Crippen molar-refractivity contribution < 1.29 is 4.74 Å². The Morgan fingerprint density at radius 2 is 2.15 bits per heavy atom. The Labute approximate surface area is 78.9 Å². The van der Waals surface area contributed by atoms with E-state index in [4.69, 9.17) is 4.74 Å². The zero-order chi connectivity index (χ0) is 9.26. The summed E-state index contributed by atoms with van der Waals surface area (Å²) >= 11 is 0. The van der Waals surface area contributed by atoms with Crippen molar-refractivity contribution in [3.05, 3.63) is 35.4 Å². The fourth-order valence-corrected chi connectivity index (χ4v) is 1.66. The Bertz CT molecular complexity index is 296. The molecular formula is C11H15NO. The third kappa shape index (κ3) is 1.74. The molecule has 1 aliphatic rings. The first-order chi connectivity index (χ1) is 6.27. The molecule has 0 aromatic heterocycles. The summed E-state index contributed by atoms with van der Waals surface area (Å²) in [4.78, 5) is 0. The summed E-state index contributed by atoms with van der Waals surface area (Å²) < 4.78 is 5.73. The standard InChI is InChI=1S/C11H15NO/c1-8(2)13-11-10-6-4-3-5-9(10)7-12-11/h3-6,8,11-12H,7H2,1-2H3. The van der Waals surface area contributed by atoms with Crippen LogP contribution in [0.4, 0.5) is 0 Å². The molecule has 70 valence electrons. The van der Waals surface area contributed by atoms with Crippen molar-refractivity contribution in [2.45, 2.75) is 32.7 Å². The van der Waals surface area contributed by atoms with Crippen molar-refractivity contribution in [1.82, 2.24) is 5.32 Å². The smallest absolute Gasteiger partial charge is 0.135 e. The van der Waals surface area contributed by atoms with Gasteiger partial charge in [0.2, 0.25) is 0 Å². The van der Waals surface area contributed by atoms with E-state index in [1.54, 1.807) is 0 Å². The van der Waals surface area contributed by atoms with Gasteiger partial charge in [0.15, 0.2) is 0 Å². The van der Waals surface area contributed by atoms with Crippen LogP contribution in [0.3, 0.4) is 0 Å². The van der Waals surface area contributed by atoms with Crippen LogP contribution in [-0.2, 0) is 11.3 Å². The molecule has 0 saturated carbocycles. The molecule has 1 aromatic carbocycles. The summed E-state index contributed by atoms with van der Waals surface area (Å²) in [5, 5.41) is 3.33. The maximum Gasteiger partial charge on any atom is 0.135 e. The topological polar surface area (TPSA) is 21.3 Å². The molecular weight excluding hydrogens is 162 g/mol. The highest BCUT2D eigenvalue weighted by molar-refractivity contribution is 5.32. The second-order valence-corrected chi connectivity index (χ2v) is 3.64. The summed E-state index contributed by atoms with van der Waals surface area (Å²) in [7, 11) is 0. The largest absolute Gasteiger partial charge is 0.356 e. The summed E-state index contributed by atoms with van der Waals surface area (Å²) in [6.45, 7) is 5.04. The van der Waals surface area contributed by atoms with Gasteiger partial charge in [0.1, 0.15) is 6.23 Å². The Morgan fingerprint density at radius 1 is 1.38 bits per heavy atom. The third-order valence-electron chi connectivity index (χ3n) is 2.22. The Kier molecular flexibility index (Phi) is 2.34. The van der Waals surface area contributed by atoms with Crippen LogP contribution in [0.1, 0.15) is 31.2 Å². The van der Waals surface area contributed by atoms with Crippen LogP contribution in [0, 0.1) is 0 Å². The van der Waals surface area contributed by atoms with Gasteiger partial charge >= 0.3 is 0 Å². The monoisotopic (exact) mass is 177 g/mol. The molecule has 2 heteroatoms. The van der Waals surface area contributed by atoms with Crippen molar-refractivity contribution in [3.63, 3.8) is 0 Å². The second-order valence-electron chi connectivity index (χ2n) is 3.64. The number of nitrogens with one attached hydrogen (secondary N) is 1. The number of rotatable bonds is 2. The quantitative estimate of drug-likeness (QED) is 0.747. The maximum absolute atomic E-state index is 5.73. The Morgan fingerprint density at radius 3 is 2.92 bits per heavy atom. The molecule has 1 aromatic rings. The fraction of sp³-hybridized carbons (Fsp3) is 0.455. The molecule has 1 heterocycles. The number of fused-ring (bicyclic) bond motifs is 1. The molecule has 1 atom stereocenters. The molecule has 0 bridgehead atoms. The summed E-state index contributed by atoms with van der Waals surface area (Å²) in [5.74, 6) is 0. The molecule has 2 nitrogen and oxygen atoms in total. The van der Waals surface area contributed by atoms with Crippen LogP contribution >= 0.6 is 0 Å². The normalized spacial score (nSPS) is 20.7. The highest BCUT2D eigenvalue weighted by atomic mass is 16.5. The van der Waals surface area contributed by atoms with Crippen LogP contribution in [-0.4, -0.2) is 6.10 Å². The van der Waals surface area contributed by atoms with Crippen molar-refractivity contribution in [2.75, 3.05) is 0 Å². The first kappa shape index (κ1) is 8.73. The van der Waals surface area contributed by atoms with Crippen molar-refractivity contribution in [3.8, 4) is 0 Å². The first-order valence-corrected chi connectivity index (χ1v) is 4.74. The molecule has 1 unspecified atom stereocenters. The molecule has 0 amide bonds. The van der Waals surface area contributed by atoms with Crippen LogP contribution in [0.5, 0.6) is 0 Å². The predicted molar refractivity (Wildman–Crippen MR) is 52.2 cm³/mol. The lowest BCUT2D eigenvalue weighted by atomic mass is 10.1. The molecule has 1 aliphatic heterocycles. The molecule has 0 aliphatic carbocycles. The van der Waals surface area contributed by atoms with E-state index in [2.05, 4.69) is 43.4 Å². The molecule has 0 radical (unpaired) electrons. The van der Waals surface area contributed by atoms with E-state index in [1.165, 1.54) is 11.1 Å². The minimum atomic E-state index is 0.0937. The lowest BCUT2D eigenvalue weighted by Crippen LogP contribution is -2.19. The van der Waals surface area contributed by atoms with E-state index in [0.29, 0.717) is 0 Å². The lowest BCUT2D eigenvalue weighted by molar-refractivity contribution is -0.00770. The lowest BCUT2D eigenvalue weighted by Gasteiger charge is -2.16. The number of ether oxygens (including phenoxy) is 1. The van der Waals surface area contributed by atoms with E-state index in [1.807, 2.05) is 0 Å². The van der Waals surface area contributed by atoms with E-state index < -0.39 is 0 Å². The van der Waals surface area contributed by atoms with E-state index in [9.17, 15) is 0 Å². The Balaban J connectivity index is 2.18. The average molecular weight is 177 g/mol. The summed E-state index contributed by atoms with van der Waals surface area (Å²) in [6, 6.07) is 8.40. The molecule has 1 N–H and O–H groups in total. The van der Waals surface area contributed by atoms with Gasteiger partial charge in [0, 0.05) is 6.54 Å². The predicted octanol–water partition coefficient (Wildman–Crippen LogP) is 2.21. The van der Waals surface area contributed by atoms with E-state index in [0.717, 1.165) is 6.54 Å². The minimum Gasteiger partial charge on any atom is -0.356 e. The highest BCUT2D eigenvalue weighted by Crippen LogP contribution is 2.26. The van der Waals surface area contributed by atoms with Gasteiger partial charge in [-0.25, -0.2) is 0 Å². The zero-order valence-electron chi connectivity index (χ0n) is 8.08. The van der Waals surface area contributed by atoms with Gasteiger partial charge in [-0.3, -0.25) is 5.32 Å². The van der Waals surface area contributed by atoms with Gasteiger partial charge in [0.25, 0.3) is 0 Å². The van der Waals surface area contributed by atoms with Crippen molar-refractivity contribution >= 4 is 0 Å². The fourth-order valence-electron chi connectivity index (χ4n) is 1.66. The molecule has 0 spiro atoms. The number of benzene rings is 1. The van der Waals surface area contributed by atoms with Crippen LogP contribution < -0.4 is 5.32 Å². The highest BCUT2D eigenvalue weighted by Gasteiger charge is 2.22. The van der Waals surface area contributed by atoms with Gasteiger partial charge in [0.05, 0.1) is 6.10 Å². The van der Waals surface area contributed by atoms with Gasteiger partial charge < -0.3 is 4.74 Å². The number of hydrogen-bond donors (Lipinski definition) is 1. The van der Waals surface area contributed by atoms with E-state index in [-0.39, 0.29) is 12.3 Å². The van der Waals surface area contributed by atoms with Crippen LogP contribution in [0.15, 0.2) is 24.3 Å². The average Bonchev–Trinajstić information content (AvgIpc) is 2.48. The molecule has 0 saturated heterocycles. The number of hydrogen-bond acceptors (Lipinski definition) is 2. The van der Waals surface area contributed by atoms with Crippen LogP contribution in [0.2, 0.25) is 0 Å². The van der Waals surface area contributed by atoms with Gasteiger partial charge in [-0.15, -0.1) is 0 Å². The van der Waals surface area contributed by atoms with Crippen LogP contribution in [0.25, 0.3) is 0 Å². The summed E-state index contributed by atoms with van der Waals surface area (Å²) in [5.41, 5.74) is 2.64.